The molecule has 3 aromatic heterocycles. The zero-order valence-corrected chi connectivity index (χ0v) is 23.3. The number of aromatic nitrogens is 5. The van der Waals surface area contributed by atoms with Crippen LogP contribution in [0.2, 0.25) is 0 Å². The van der Waals surface area contributed by atoms with Crippen LogP contribution in [0.3, 0.4) is 0 Å². The number of aliphatic hydroxyl groups is 1. The van der Waals surface area contributed by atoms with E-state index in [0.717, 1.165) is 81.8 Å². The second-order valence-corrected chi connectivity index (χ2v) is 12.1. The van der Waals surface area contributed by atoms with Gasteiger partial charge in [-0.25, -0.2) is 4.98 Å². The van der Waals surface area contributed by atoms with E-state index in [4.69, 9.17) is 14.5 Å². The fraction of sp³-hybridized carbons (Fsp3) is 0.242. The van der Waals surface area contributed by atoms with E-state index < -0.39 is 6.10 Å². The van der Waals surface area contributed by atoms with Crippen LogP contribution in [0.1, 0.15) is 0 Å². The highest BCUT2D eigenvalue weighted by atomic mass is 16.5. The molecule has 43 heavy (non-hydrogen) atoms. The molecule has 1 spiro atoms. The van der Waals surface area contributed by atoms with Crippen LogP contribution >= 0.6 is 0 Å². The van der Waals surface area contributed by atoms with Crippen LogP contribution in [0.4, 0.5) is 11.5 Å². The number of ether oxygens (including phenoxy) is 2. The molecule has 1 atom stereocenters. The van der Waals surface area contributed by atoms with Gasteiger partial charge in [0.1, 0.15) is 0 Å². The first-order chi connectivity index (χ1) is 21.1. The van der Waals surface area contributed by atoms with Crippen LogP contribution < -0.4 is 9.64 Å². The number of likely N-dealkylation sites (tertiary alicyclic amines) is 1. The Kier molecular flexibility index (Phi) is 5.40. The van der Waals surface area contributed by atoms with Gasteiger partial charge in [0.25, 0.3) is 0 Å². The van der Waals surface area contributed by atoms with Gasteiger partial charge in [-0.15, -0.1) is 0 Å². The van der Waals surface area contributed by atoms with Crippen LogP contribution in [0.25, 0.3) is 44.1 Å². The quantitative estimate of drug-likeness (QED) is 0.253. The van der Waals surface area contributed by atoms with Crippen molar-refractivity contribution >= 4 is 33.3 Å². The molecule has 9 rings (SSSR count). The summed E-state index contributed by atoms with van der Waals surface area (Å²) in [6.07, 6.45) is 4.96. The maximum absolute atomic E-state index is 11.3. The molecule has 10 nitrogen and oxygen atoms in total. The van der Waals surface area contributed by atoms with E-state index in [-0.39, 0.29) is 0 Å². The molecular weight excluding hydrogens is 542 g/mol. The molecule has 0 bridgehead atoms. The number of H-pyrrole nitrogens is 2. The predicted molar refractivity (Wildman–Crippen MR) is 164 cm³/mol. The van der Waals surface area contributed by atoms with Crippen LogP contribution in [-0.4, -0.2) is 80.9 Å². The Morgan fingerprint density at radius 1 is 0.767 bits per heavy atom. The number of nitrogens with zero attached hydrogens (tertiary/aromatic N) is 5. The summed E-state index contributed by atoms with van der Waals surface area (Å²) in [5.41, 5.74) is 7.26. The van der Waals surface area contributed by atoms with E-state index in [0.29, 0.717) is 30.1 Å². The van der Waals surface area contributed by atoms with Crippen molar-refractivity contribution in [3.63, 3.8) is 0 Å². The normalized spacial score (nSPS) is 17.7. The van der Waals surface area contributed by atoms with Crippen molar-refractivity contribution in [3.05, 3.63) is 79.3 Å². The lowest BCUT2D eigenvalue weighted by atomic mass is 9.78. The van der Waals surface area contributed by atoms with Crippen molar-refractivity contribution in [2.45, 2.75) is 6.10 Å². The van der Waals surface area contributed by atoms with E-state index in [2.05, 4.69) is 72.7 Å². The second-order valence-electron chi connectivity index (χ2n) is 12.1. The first-order valence-electron chi connectivity index (χ1n) is 14.5. The highest BCUT2D eigenvalue weighted by molar-refractivity contribution is 5.87. The summed E-state index contributed by atoms with van der Waals surface area (Å²) in [6.45, 7) is 4.63. The highest BCUT2D eigenvalue weighted by Crippen LogP contribution is 2.48. The SMILES string of the molecule is OC(CN1CC2(COC2)C1)CN1c2ccc(-c3ccc4[nH]ncc4c3)cc2Oc2cc(-c3ccc4[nH]ncc4c3)cnc21. The Labute approximate surface area is 246 Å². The number of anilines is 2. The standard InChI is InChI=1S/C33H29N7O3/c41-26(14-39-16-33(17-39)18-42-19-33)15-40-29-6-3-22(20-1-4-27-24(7-20)12-35-37-27)9-30(29)43-31-10-23(11-34-32(31)40)21-2-5-28-25(8-21)13-36-38-28/h1-13,26,41H,14-19H2,(H,35,37)(H,36,38). The van der Waals surface area contributed by atoms with Gasteiger partial charge in [0.2, 0.25) is 0 Å². The van der Waals surface area contributed by atoms with Gasteiger partial charge in [0.05, 0.1) is 55.0 Å². The fourth-order valence-electron chi connectivity index (χ4n) is 6.70. The third-order valence-electron chi connectivity index (χ3n) is 8.90. The van der Waals surface area contributed by atoms with E-state index in [1.54, 1.807) is 0 Å². The summed E-state index contributed by atoms with van der Waals surface area (Å²) in [5, 5.41) is 27.7. The van der Waals surface area contributed by atoms with E-state index >= 15 is 0 Å². The molecule has 2 fully saturated rings. The van der Waals surface area contributed by atoms with Crippen LogP contribution in [0.15, 0.2) is 79.3 Å². The average Bonchev–Trinajstić information content (AvgIpc) is 3.66. The first kappa shape index (κ1) is 24.8. The summed E-state index contributed by atoms with van der Waals surface area (Å²) >= 11 is 0. The van der Waals surface area contributed by atoms with Crippen LogP contribution in [0, 0.1) is 5.41 Å². The van der Waals surface area contributed by atoms with Gasteiger partial charge >= 0.3 is 0 Å². The van der Waals surface area contributed by atoms with Crippen molar-refractivity contribution in [1.29, 1.82) is 0 Å². The zero-order valence-electron chi connectivity index (χ0n) is 23.3. The average molecular weight is 572 g/mol. The van der Waals surface area contributed by atoms with Gasteiger partial charge in [-0.2, -0.15) is 10.2 Å². The molecule has 3 aromatic carbocycles. The monoisotopic (exact) mass is 571 g/mol. The molecule has 1 unspecified atom stereocenters. The number of rotatable bonds is 6. The number of β-amino-alcohol motifs (C(OH)–C–C–N with tert-alkyl or cyclic N) is 1. The fourth-order valence-corrected chi connectivity index (χ4v) is 6.70. The summed E-state index contributed by atoms with van der Waals surface area (Å²) < 4.78 is 12.0. The predicted octanol–water partition coefficient (Wildman–Crippen LogP) is 5.11. The van der Waals surface area contributed by atoms with E-state index in [9.17, 15) is 5.11 Å². The van der Waals surface area contributed by atoms with Gasteiger partial charge < -0.3 is 19.5 Å². The van der Waals surface area contributed by atoms with Crippen molar-refractivity contribution in [3.8, 4) is 33.8 Å². The zero-order chi connectivity index (χ0) is 28.5. The Hall–Kier alpha value is -4.77. The third-order valence-corrected chi connectivity index (χ3v) is 8.90. The second kappa shape index (κ2) is 9.37. The summed E-state index contributed by atoms with van der Waals surface area (Å²) in [6, 6.07) is 20.7. The number of aliphatic hydroxyl groups excluding tert-OH is 1. The Bertz CT molecular complexity index is 1880. The summed E-state index contributed by atoms with van der Waals surface area (Å²) in [4.78, 5) is 9.29. The molecule has 6 heterocycles. The van der Waals surface area contributed by atoms with E-state index in [1.807, 2.05) is 36.8 Å². The maximum atomic E-state index is 11.3. The number of aromatic amines is 2. The molecule has 0 aliphatic carbocycles. The summed E-state index contributed by atoms with van der Waals surface area (Å²) in [7, 11) is 0. The highest BCUT2D eigenvalue weighted by Gasteiger charge is 2.49. The molecule has 3 aliphatic rings. The van der Waals surface area contributed by atoms with Crippen molar-refractivity contribution < 1.29 is 14.6 Å². The maximum Gasteiger partial charge on any atom is 0.176 e. The number of pyridine rings is 1. The first-order valence-corrected chi connectivity index (χ1v) is 14.5. The van der Waals surface area contributed by atoms with Gasteiger partial charge in [0.15, 0.2) is 17.3 Å². The largest absolute Gasteiger partial charge is 0.451 e. The number of benzene rings is 3. The summed E-state index contributed by atoms with van der Waals surface area (Å²) in [5.74, 6) is 2.07. The number of hydrogen-bond acceptors (Lipinski definition) is 8. The number of fused-ring (bicyclic) bond motifs is 4. The topological polar surface area (TPSA) is 115 Å². The van der Waals surface area contributed by atoms with Crippen LogP contribution in [-0.2, 0) is 4.74 Å². The Balaban J connectivity index is 1.07. The third kappa shape index (κ3) is 4.17. The lowest BCUT2D eigenvalue weighted by Crippen LogP contribution is -2.67. The molecule has 2 saturated heterocycles. The van der Waals surface area contributed by atoms with Gasteiger partial charge in [-0.1, -0.05) is 18.2 Å². The molecule has 0 amide bonds. The minimum Gasteiger partial charge on any atom is -0.451 e. The number of nitrogens with one attached hydrogen (secondary N) is 2. The van der Waals surface area contributed by atoms with Gasteiger partial charge in [-0.05, 0) is 59.2 Å². The molecule has 3 aliphatic heterocycles. The van der Waals surface area contributed by atoms with Gasteiger partial charge in [0, 0.05) is 47.6 Å². The van der Waals surface area contributed by atoms with Gasteiger partial charge in [-0.3, -0.25) is 15.1 Å². The minimum atomic E-state index is -0.565. The Morgan fingerprint density at radius 3 is 2.12 bits per heavy atom. The molecule has 214 valence electrons. The van der Waals surface area contributed by atoms with Crippen molar-refractivity contribution in [1.82, 2.24) is 30.3 Å². The smallest absolute Gasteiger partial charge is 0.176 e. The number of hydrogen-bond donors (Lipinski definition) is 3. The lowest BCUT2D eigenvalue weighted by Gasteiger charge is -2.55. The van der Waals surface area contributed by atoms with Crippen LogP contribution in [0.5, 0.6) is 11.5 Å². The lowest BCUT2D eigenvalue weighted by molar-refractivity contribution is -0.192. The Morgan fingerprint density at radius 2 is 1.42 bits per heavy atom. The molecule has 0 saturated carbocycles. The van der Waals surface area contributed by atoms with Crippen molar-refractivity contribution in [2.24, 2.45) is 5.41 Å². The van der Waals surface area contributed by atoms with Crippen molar-refractivity contribution in [2.75, 3.05) is 44.3 Å². The molecule has 3 N–H and O–H groups in total. The molecule has 0 radical (unpaired) electrons. The molecule has 10 heteroatoms. The molecular formula is C33H29N7O3. The molecule has 6 aromatic rings. The minimum absolute atomic E-state index is 0.311. The van der Waals surface area contributed by atoms with E-state index in [1.165, 1.54) is 0 Å².